The average molecular weight is 370 g/mol. The number of likely N-dealkylation sites (N-methyl/N-ethyl adjacent to an activating group) is 1. The molecule has 1 fully saturated rings. The molecular weight excluding hydrogens is 344 g/mol. The van der Waals surface area contributed by atoms with Gasteiger partial charge < -0.3 is 15.4 Å². The third-order valence-corrected chi connectivity index (χ3v) is 5.04. The van der Waals surface area contributed by atoms with Crippen LogP contribution in [0.25, 0.3) is 0 Å². The van der Waals surface area contributed by atoms with Crippen LogP contribution in [-0.4, -0.2) is 48.3 Å². The molecule has 0 bridgehead atoms. The van der Waals surface area contributed by atoms with E-state index in [0.29, 0.717) is 11.5 Å². The molecule has 1 unspecified atom stereocenters. The maximum Gasteiger partial charge on any atom is 0.225 e. The molecule has 2 rings (SSSR count). The highest BCUT2D eigenvalue weighted by Gasteiger charge is 2.30. The summed E-state index contributed by atoms with van der Waals surface area (Å²) in [5, 5.41) is 0. The number of carbonyl (C=O) groups excluding carboxylic acids is 4. The number of nitrogens with two attached hydrogens (primary N) is 1. The molecule has 27 heavy (non-hydrogen) atoms. The van der Waals surface area contributed by atoms with Crippen LogP contribution >= 0.6 is 0 Å². The number of amides is 1. The molecule has 1 amide bonds. The molecule has 1 saturated heterocycles. The first-order valence-electron chi connectivity index (χ1n) is 8.97. The average Bonchev–Trinajstić information content (AvgIpc) is 2.57. The Labute approximate surface area is 159 Å². The number of benzene rings is 1. The first-order valence-corrected chi connectivity index (χ1v) is 8.97. The minimum absolute atomic E-state index is 0.0223. The number of hydrogen-bond acceptors (Lipinski definition) is 5. The van der Waals surface area contributed by atoms with Gasteiger partial charge in [0.1, 0.15) is 5.78 Å². The van der Waals surface area contributed by atoms with Gasteiger partial charge in [0.2, 0.25) is 5.91 Å². The molecule has 6 heteroatoms. The Morgan fingerprint density at radius 2 is 1.81 bits per heavy atom. The first-order chi connectivity index (χ1) is 12.6. The van der Waals surface area contributed by atoms with Crippen LogP contribution in [-0.2, 0) is 9.59 Å². The van der Waals surface area contributed by atoms with Crippen LogP contribution in [0.5, 0.6) is 0 Å². The van der Waals surface area contributed by atoms with Gasteiger partial charge in [-0.1, -0.05) is 18.7 Å². The van der Waals surface area contributed by atoms with Crippen LogP contribution < -0.4 is 5.73 Å². The second-order valence-electron chi connectivity index (χ2n) is 7.33. The number of primary amides is 1. The molecule has 1 heterocycles. The Hall–Kier alpha value is -2.60. The van der Waals surface area contributed by atoms with Gasteiger partial charge in [0.25, 0.3) is 0 Å². The number of carbonyl (C=O) groups is 4. The summed E-state index contributed by atoms with van der Waals surface area (Å²) >= 11 is 0. The molecule has 144 valence electrons. The second-order valence-corrected chi connectivity index (χ2v) is 7.33. The van der Waals surface area contributed by atoms with E-state index in [4.69, 9.17) is 5.73 Å². The van der Waals surface area contributed by atoms with Crippen molar-refractivity contribution >= 4 is 23.3 Å². The van der Waals surface area contributed by atoms with E-state index in [9.17, 15) is 19.2 Å². The monoisotopic (exact) mass is 370 g/mol. The van der Waals surface area contributed by atoms with Crippen LogP contribution in [0, 0.1) is 5.92 Å². The maximum absolute atomic E-state index is 13.1. The third kappa shape index (κ3) is 4.77. The molecule has 0 saturated carbocycles. The molecule has 1 aliphatic rings. The fourth-order valence-electron chi connectivity index (χ4n) is 3.39. The Morgan fingerprint density at radius 1 is 1.19 bits per heavy atom. The van der Waals surface area contributed by atoms with Crippen LogP contribution in [0.2, 0.25) is 0 Å². The molecule has 1 aliphatic heterocycles. The quantitative estimate of drug-likeness (QED) is 0.530. The largest absolute Gasteiger partial charge is 0.369 e. The Kier molecular flexibility index (Phi) is 6.44. The Balaban J connectivity index is 2.35. The summed E-state index contributed by atoms with van der Waals surface area (Å²) in [5.74, 6) is -2.12. The van der Waals surface area contributed by atoms with Gasteiger partial charge >= 0.3 is 0 Å². The van der Waals surface area contributed by atoms with Crippen molar-refractivity contribution in [1.29, 1.82) is 0 Å². The zero-order chi connectivity index (χ0) is 20.3. The second kappa shape index (κ2) is 8.39. The summed E-state index contributed by atoms with van der Waals surface area (Å²) in [4.78, 5) is 50.3. The fraction of sp³-hybridized carbons (Fsp3) is 0.429. The van der Waals surface area contributed by atoms with Gasteiger partial charge in [-0.05, 0) is 38.9 Å². The summed E-state index contributed by atoms with van der Waals surface area (Å²) in [6.45, 7) is 8.35. The molecule has 1 atom stereocenters. The fourth-order valence-corrected chi connectivity index (χ4v) is 3.39. The van der Waals surface area contributed by atoms with Gasteiger partial charge in [-0.15, -0.1) is 0 Å². The summed E-state index contributed by atoms with van der Waals surface area (Å²) in [6, 6.07) is 5.26. The van der Waals surface area contributed by atoms with Crippen molar-refractivity contribution in [3.8, 4) is 0 Å². The lowest BCUT2D eigenvalue weighted by Gasteiger charge is -2.36. The maximum atomic E-state index is 13.1. The lowest BCUT2D eigenvalue weighted by molar-refractivity contribution is -0.121. The molecule has 6 nitrogen and oxygen atoms in total. The third-order valence-electron chi connectivity index (χ3n) is 5.04. The van der Waals surface area contributed by atoms with Crippen molar-refractivity contribution in [1.82, 2.24) is 4.90 Å². The normalized spacial score (nSPS) is 15.7. The lowest BCUT2D eigenvalue weighted by Crippen LogP contribution is -2.41. The minimum atomic E-state index is -0.931. The number of Topliss-reactive ketones (excluding diaryl/α,β-unsaturated/α-hetero) is 3. The highest BCUT2D eigenvalue weighted by Crippen LogP contribution is 2.29. The number of likely N-dealkylation sites (tertiary alicyclic amines) is 1. The number of nitrogens with zero attached hydrogens (tertiary/aromatic N) is 1. The van der Waals surface area contributed by atoms with Crippen molar-refractivity contribution in [2.75, 3.05) is 20.1 Å². The molecule has 0 spiro atoms. The topological polar surface area (TPSA) is 97.5 Å². The molecule has 1 aromatic rings. The Bertz CT molecular complexity index is 806. The SMILES string of the molecule is C=C(C(=O)c1cc(C2CN(C)C2)ccc1C(C)=O)C(CCC(C)=O)C(N)=O. The highest BCUT2D eigenvalue weighted by molar-refractivity contribution is 6.16. The van der Waals surface area contributed by atoms with Gasteiger partial charge in [-0.2, -0.15) is 0 Å². The van der Waals surface area contributed by atoms with Crippen LogP contribution in [0.3, 0.4) is 0 Å². The first kappa shape index (κ1) is 20.7. The minimum Gasteiger partial charge on any atom is -0.369 e. The highest BCUT2D eigenvalue weighted by atomic mass is 16.2. The van der Waals surface area contributed by atoms with Crippen molar-refractivity contribution < 1.29 is 19.2 Å². The van der Waals surface area contributed by atoms with E-state index in [2.05, 4.69) is 11.5 Å². The van der Waals surface area contributed by atoms with E-state index >= 15 is 0 Å². The molecule has 0 aromatic heterocycles. The van der Waals surface area contributed by atoms with Crippen molar-refractivity contribution in [2.45, 2.75) is 32.6 Å². The van der Waals surface area contributed by atoms with Gasteiger partial charge in [0, 0.05) is 42.1 Å². The van der Waals surface area contributed by atoms with Crippen LogP contribution in [0.4, 0.5) is 0 Å². The van der Waals surface area contributed by atoms with Gasteiger partial charge in [0.05, 0.1) is 5.92 Å². The van der Waals surface area contributed by atoms with E-state index in [1.165, 1.54) is 13.8 Å². The number of ketones is 3. The number of rotatable bonds is 9. The predicted molar refractivity (Wildman–Crippen MR) is 103 cm³/mol. The molecule has 0 aliphatic carbocycles. The van der Waals surface area contributed by atoms with E-state index in [-0.39, 0.29) is 35.5 Å². The van der Waals surface area contributed by atoms with Crippen molar-refractivity contribution in [3.63, 3.8) is 0 Å². The van der Waals surface area contributed by atoms with E-state index in [1.54, 1.807) is 12.1 Å². The molecule has 0 radical (unpaired) electrons. The van der Waals surface area contributed by atoms with E-state index in [0.717, 1.165) is 18.7 Å². The molecule has 2 N–H and O–H groups in total. The zero-order valence-electron chi connectivity index (χ0n) is 16.1. The predicted octanol–water partition coefficient (Wildman–Crippen LogP) is 2.13. The summed E-state index contributed by atoms with van der Waals surface area (Å²) < 4.78 is 0. The van der Waals surface area contributed by atoms with Gasteiger partial charge in [-0.25, -0.2) is 0 Å². The molecular formula is C21H26N2O4. The lowest BCUT2D eigenvalue weighted by atomic mass is 9.84. The number of hydrogen-bond donors (Lipinski definition) is 1. The van der Waals surface area contributed by atoms with Gasteiger partial charge in [-0.3, -0.25) is 14.4 Å². The van der Waals surface area contributed by atoms with Crippen LogP contribution in [0.1, 0.15) is 58.9 Å². The Morgan fingerprint density at radius 3 is 2.30 bits per heavy atom. The summed E-state index contributed by atoms with van der Waals surface area (Å²) in [7, 11) is 2.01. The van der Waals surface area contributed by atoms with Crippen molar-refractivity contribution in [3.05, 3.63) is 47.0 Å². The standard InChI is InChI=1S/C21H26N2O4/c1-12(24)5-7-17(21(22)27)13(2)20(26)19-9-15(16-10-23(4)11-16)6-8-18(19)14(3)25/h6,8-9,16-17H,2,5,7,10-11H2,1,3-4H3,(H2,22,27). The van der Waals surface area contributed by atoms with E-state index < -0.39 is 17.6 Å². The smallest absolute Gasteiger partial charge is 0.225 e. The summed E-state index contributed by atoms with van der Waals surface area (Å²) in [6.07, 6.45) is 0.270. The van der Waals surface area contributed by atoms with E-state index in [1.807, 2.05) is 13.1 Å². The summed E-state index contributed by atoms with van der Waals surface area (Å²) in [5.41, 5.74) is 6.97. The zero-order valence-corrected chi connectivity index (χ0v) is 16.1. The molecule has 1 aromatic carbocycles. The van der Waals surface area contributed by atoms with Gasteiger partial charge in [0.15, 0.2) is 11.6 Å². The van der Waals surface area contributed by atoms with Crippen molar-refractivity contribution in [2.24, 2.45) is 11.7 Å². The van der Waals surface area contributed by atoms with Crippen LogP contribution in [0.15, 0.2) is 30.4 Å².